The molecule has 1 unspecified atom stereocenters. The zero-order chi connectivity index (χ0) is 15.2. The van der Waals surface area contributed by atoms with Crippen molar-refractivity contribution in [1.82, 2.24) is 5.32 Å². The van der Waals surface area contributed by atoms with Crippen molar-refractivity contribution in [2.24, 2.45) is 0 Å². The van der Waals surface area contributed by atoms with Crippen LogP contribution in [0.25, 0.3) is 0 Å². The topological polar surface area (TPSA) is 50.7 Å². The fourth-order valence-corrected chi connectivity index (χ4v) is 2.86. The maximum atomic E-state index is 9.89. The van der Waals surface area contributed by atoms with Crippen molar-refractivity contribution in [3.63, 3.8) is 0 Å². The van der Waals surface area contributed by atoms with E-state index < -0.39 is 0 Å². The summed E-state index contributed by atoms with van der Waals surface area (Å²) < 4.78 is 10.3. The lowest BCUT2D eigenvalue weighted by atomic mass is 10.1. The average molecular weight is 307 g/mol. The molecular weight excluding hydrogens is 286 g/mol. The molecule has 2 aromatic rings. The predicted molar refractivity (Wildman–Crippen MR) is 85.5 cm³/mol. The first-order valence-electron chi connectivity index (χ1n) is 6.82. The molecule has 0 amide bonds. The SMILES string of the molecule is COc1cc(CNC(C)Cc2ccsc2)cc(OC)c1O. The Morgan fingerprint density at radius 1 is 1.19 bits per heavy atom. The van der Waals surface area contributed by atoms with Crippen molar-refractivity contribution in [3.05, 3.63) is 40.1 Å². The largest absolute Gasteiger partial charge is 0.502 e. The van der Waals surface area contributed by atoms with E-state index in [-0.39, 0.29) is 5.75 Å². The summed E-state index contributed by atoms with van der Waals surface area (Å²) in [4.78, 5) is 0. The molecule has 0 saturated carbocycles. The molecule has 0 bridgehead atoms. The molecule has 1 atom stereocenters. The summed E-state index contributed by atoms with van der Waals surface area (Å²) in [5.74, 6) is 0.892. The number of phenolic OH excluding ortho intramolecular Hbond substituents is 1. The minimum atomic E-state index is 0.0371. The molecule has 1 aromatic carbocycles. The number of aromatic hydroxyl groups is 1. The smallest absolute Gasteiger partial charge is 0.200 e. The Balaban J connectivity index is 1.99. The van der Waals surface area contributed by atoms with Gasteiger partial charge in [0, 0.05) is 12.6 Å². The molecule has 114 valence electrons. The van der Waals surface area contributed by atoms with Crippen LogP contribution >= 0.6 is 11.3 Å². The number of ether oxygens (including phenoxy) is 2. The van der Waals surface area contributed by atoms with E-state index in [1.807, 2.05) is 12.1 Å². The summed E-state index contributed by atoms with van der Waals surface area (Å²) in [6, 6.07) is 6.16. The van der Waals surface area contributed by atoms with Crippen LogP contribution in [0.2, 0.25) is 0 Å². The second-order valence-electron chi connectivity index (χ2n) is 4.97. The van der Waals surface area contributed by atoms with Gasteiger partial charge in [-0.3, -0.25) is 0 Å². The van der Waals surface area contributed by atoms with Gasteiger partial charge in [-0.25, -0.2) is 0 Å². The normalized spacial score (nSPS) is 12.1. The third kappa shape index (κ3) is 4.12. The van der Waals surface area contributed by atoms with Crippen molar-refractivity contribution in [1.29, 1.82) is 0 Å². The Labute approximate surface area is 129 Å². The maximum absolute atomic E-state index is 9.89. The molecular formula is C16H21NO3S. The number of thiophene rings is 1. The standard InChI is InChI=1S/C16H21NO3S/c1-11(6-12-4-5-21-10-12)17-9-13-7-14(19-2)16(18)15(8-13)20-3/h4-5,7-8,10-11,17-18H,6,9H2,1-3H3. The van der Waals surface area contributed by atoms with Gasteiger partial charge in [-0.05, 0) is 53.4 Å². The van der Waals surface area contributed by atoms with Gasteiger partial charge in [-0.2, -0.15) is 11.3 Å². The van der Waals surface area contributed by atoms with E-state index in [1.54, 1.807) is 11.3 Å². The van der Waals surface area contributed by atoms with E-state index in [0.717, 1.165) is 12.0 Å². The molecule has 0 saturated heterocycles. The van der Waals surface area contributed by atoms with Gasteiger partial charge in [0.25, 0.3) is 0 Å². The number of hydrogen-bond acceptors (Lipinski definition) is 5. The summed E-state index contributed by atoms with van der Waals surface area (Å²) in [6.07, 6.45) is 0.996. The summed E-state index contributed by atoms with van der Waals surface area (Å²) in [6.45, 7) is 2.85. The molecule has 4 nitrogen and oxygen atoms in total. The number of nitrogens with one attached hydrogen (secondary N) is 1. The van der Waals surface area contributed by atoms with Crippen molar-refractivity contribution in [2.45, 2.75) is 25.9 Å². The lowest BCUT2D eigenvalue weighted by Gasteiger charge is -2.15. The molecule has 2 N–H and O–H groups in total. The molecule has 1 aromatic heterocycles. The van der Waals surface area contributed by atoms with E-state index in [1.165, 1.54) is 19.8 Å². The minimum Gasteiger partial charge on any atom is -0.502 e. The number of hydrogen-bond donors (Lipinski definition) is 2. The molecule has 0 aliphatic heterocycles. The molecule has 0 spiro atoms. The van der Waals surface area contributed by atoms with Gasteiger partial charge in [0.1, 0.15) is 0 Å². The third-order valence-electron chi connectivity index (χ3n) is 3.32. The van der Waals surface area contributed by atoms with Crippen LogP contribution in [0.1, 0.15) is 18.1 Å². The van der Waals surface area contributed by atoms with Gasteiger partial charge in [-0.15, -0.1) is 0 Å². The fraction of sp³-hybridized carbons (Fsp3) is 0.375. The third-order valence-corrected chi connectivity index (χ3v) is 4.05. The van der Waals surface area contributed by atoms with Crippen molar-refractivity contribution in [3.8, 4) is 17.2 Å². The van der Waals surface area contributed by atoms with Crippen LogP contribution in [0.3, 0.4) is 0 Å². The minimum absolute atomic E-state index is 0.0371. The number of rotatable bonds is 7. The molecule has 5 heteroatoms. The molecule has 0 aliphatic carbocycles. The second kappa shape index (κ2) is 7.33. The van der Waals surface area contributed by atoms with E-state index >= 15 is 0 Å². The molecule has 21 heavy (non-hydrogen) atoms. The van der Waals surface area contributed by atoms with Crippen molar-refractivity contribution >= 4 is 11.3 Å². The van der Waals surface area contributed by atoms with E-state index in [2.05, 4.69) is 29.1 Å². The zero-order valence-corrected chi connectivity index (χ0v) is 13.4. The highest BCUT2D eigenvalue weighted by Crippen LogP contribution is 2.37. The number of benzene rings is 1. The number of phenols is 1. The van der Waals surface area contributed by atoms with Crippen LogP contribution in [-0.2, 0) is 13.0 Å². The molecule has 0 fully saturated rings. The van der Waals surface area contributed by atoms with Gasteiger partial charge in [0.05, 0.1) is 14.2 Å². The van der Waals surface area contributed by atoms with Crippen molar-refractivity contribution < 1.29 is 14.6 Å². The molecule has 0 aliphatic rings. The highest BCUT2D eigenvalue weighted by molar-refractivity contribution is 7.07. The summed E-state index contributed by atoms with van der Waals surface area (Å²) >= 11 is 1.72. The van der Waals surface area contributed by atoms with Gasteiger partial charge in [0.2, 0.25) is 5.75 Å². The fourth-order valence-electron chi connectivity index (χ4n) is 2.18. The van der Waals surface area contributed by atoms with Crippen LogP contribution in [0.5, 0.6) is 17.2 Å². The van der Waals surface area contributed by atoms with Crippen LogP contribution in [0, 0.1) is 0 Å². The monoisotopic (exact) mass is 307 g/mol. The highest BCUT2D eigenvalue weighted by atomic mass is 32.1. The Bertz CT molecular complexity index is 544. The Morgan fingerprint density at radius 2 is 1.86 bits per heavy atom. The Hall–Kier alpha value is -1.72. The van der Waals surface area contributed by atoms with E-state index in [4.69, 9.17) is 9.47 Å². The molecule has 1 heterocycles. The first-order chi connectivity index (χ1) is 10.1. The van der Waals surface area contributed by atoms with Gasteiger partial charge in [0.15, 0.2) is 11.5 Å². The lowest BCUT2D eigenvalue weighted by molar-refractivity contribution is 0.339. The highest BCUT2D eigenvalue weighted by Gasteiger charge is 2.12. The Kier molecular flexibility index (Phi) is 5.47. The van der Waals surface area contributed by atoms with E-state index in [9.17, 15) is 5.11 Å². The summed E-state index contributed by atoms with van der Waals surface area (Å²) in [7, 11) is 3.07. The average Bonchev–Trinajstić information content (AvgIpc) is 2.99. The second-order valence-corrected chi connectivity index (χ2v) is 5.75. The van der Waals surface area contributed by atoms with Crippen LogP contribution in [-0.4, -0.2) is 25.4 Å². The van der Waals surface area contributed by atoms with E-state index in [0.29, 0.717) is 24.1 Å². The Morgan fingerprint density at radius 3 is 2.38 bits per heavy atom. The lowest BCUT2D eigenvalue weighted by Crippen LogP contribution is -2.27. The zero-order valence-electron chi connectivity index (χ0n) is 12.6. The van der Waals surface area contributed by atoms with Gasteiger partial charge < -0.3 is 19.9 Å². The van der Waals surface area contributed by atoms with Crippen LogP contribution in [0.4, 0.5) is 0 Å². The maximum Gasteiger partial charge on any atom is 0.200 e. The summed E-state index contributed by atoms with van der Waals surface area (Å²) in [5.41, 5.74) is 2.36. The predicted octanol–water partition coefficient (Wildman–Crippen LogP) is 3.19. The quantitative estimate of drug-likeness (QED) is 0.825. The van der Waals surface area contributed by atoms with Gasteiger partial charge >= 0.3 is 0 Å². The molecule has 0 radical (unpaired) electrons. The van der Waals surface area contributed by atoms with Crippen LogP contribution < -0.4 is 14.8 Å². The summed E-state index contributed by atoms with van der Waals surface area (Å²) in [5, 5.41) is 17.6. The molecule has 2 rings (SSSR count). The van der Waals surface area contributed by atoms with Gasteiger partial charge in [-0.1, -0.05) is 0 Å². The van der Waals surface area contributed by atoms with Crippen molar-refractivity contribution in [2.75, 3.05) is 14.2 Å². The number of methoxy groups -OCH3 is 2. The van der Waals surface area contributed by atoms with Crippen LogP contribution in [0.15, 0.2) is 29.0 Å². The first kappa shape index (κ1) is 15.7. The first-order valence-corrected chi connectivity index (χ1v) is 7.76.